The summed E-state index contributed by atoms with van der Waals surface area (Å²) >= 11 is 2.84. The number of pyridine rings is 1. The van der Waals surface area contributed by atoms with Crippen molar-refractivity contribution in [3.63, 3.8) is 0 Å². The Balaban J connectivity index is 3.56. The lowest BCUT2D eigenvalue weighted by Crippen LogP contribution is -2.03. The van der Waals surface area contributed by atoms with Crippen molar-refractivity contribution >= 4 is 35.7 Å². The second-order valence-electron chi connectivity index (χ2n) is 2.69. The third-order valence-corrected chi connectivity index (χ3v) is 3.55. The van der Waals surface area contributed by atoms with E-state index in [0.29, 0.717) is 0 Å². The first-order valence-corrected chi connectivity index (χ1v) is 6.73. The molecular formula is C7H5BrClF2NO2S. The summed E-state index contributed by atoms with van der Waals surface area (Å²) in [5, 5.41) is 0. The van der Waals surface area contributed by atoms with Crippen LogP contribution in [0.25, 0.3) is 0 Å². The molecule has 0 spiro atoms. The molecule has 0 fully saturated rings. The number of nitrogens with zero attached hydrogens (tertiary/aromatic N) is 1. The van der Waals surface area contributed by atoms with Crippen LogP contribution in [0.2, 0.25) is 0 Å². The summed E-state index contributed by atoms with van der Waals surface area (Å²) in [7, 11) is 1.05. The van der Waals surface area contributed by atoms with Gasteiger partial charge in [-0.1, -0.05) is 0 Å². The van der Waals surface area contributed by atoms with Gasteiger partial charge in [0, 0.05) is 10.7 Å². The molecule has 0 saturated heterocycles. The topological polar surface area (TPSA) is 47.0 Å². The fraction of sp³-hybridized carbons (Fsp3) is 0.286. The molecule has 0 amide bonds. The molecule has 1 rings (SSSR count). The zero-order valence-electron chi connectivity index (χ0n) is 7.34. The van der Waals surface area contributed by atoms with Gasteiger partial charge in [0.2, 0.25) is 0 Å². The van der Waals surface area contributed by atoms with E-state index in [1.54, 1.807) is 0 Å². The van der Waals surface area contributed by atoms with Crippen molar-refractivity contribution in [2.24, 2.45) is 0 Å². The highest BCUT2D eigenvalue weighted by atomic mass is 79.9. The van der Waals surface area contributed by atoms with Crippen molar-refractivity contribution in [2.45, 2.75) is 18.2 Å². The van der Waals surface area contributed by atoms with Gasteiger partial charge in [-0.25, -0.2) is 22.2 Å². The van der Waals surface area contributed by atoms with Crippen LogP contribution in [0.4, 0.5) is 8.78 Å². The minimum absolute atomic E-state index is 0.00243. The van der Waals surface area contributed by atoms with Crippen molar-refractivity contribution in [2.75, 3.05) is 0 Å². The highest BCUT2D eigenvalue weighted by Crippen LogP contribution is 2.29. The van der Waals surface area contributed by atoms with E-state index in [2.05, 4.69) is 20.9 Å². The molecule has 0 atom stereocenters. The molecule has 0 saturated carbocycles. The lowest BCUT2D eigenvalue weighted by atomic mass is 10.2. The molecule has 1 aromatic rings. The summed E-state index contributed by atoms with van der Waals surface area (Å²) in [6.45, 7) is 1.23. The Hall–Kier alpha value is -0.270. The molecule has 0 aromatic carbocycles. The molecule has 0 aliphatic carbocycles. The van der Waals surface area contributed by atoms with Gasteiger partial charge in [-0.3, -0.25) is 0 Å². The van der Waals surface area contributed by atoms with Crippen LogP contribution in [0.5, 0.6) is 0 Å². The number of halogens is 4. The molecule has 0 N–H and O–H groups in total. The van der Waals surface area contributed by atoms with E-state index in [1.165, 1.54) is 6.92 Å². The van der Waals surface area contributed by atoms with Gasteiger partial charge >= 0.3 is 0 Å². The van der Waals surface area contributed by atoms with E-state index < -0.39 is 21.2 Å². The molecule has 0 bridgehead atoms. The Morgan fingerprint density at radius 1 is 1.53 bits per heavy atom. The van der Waals surface area contributed by atoms with Gasteiger partial charge < -0.3 is 0 Å². The maximum atomic E-state index is 12.5. The Morgan fingerprint density at radius 2 is 2.07 bits per heavy atom. The van der Waals surface area contributed by atoms with Crippen LogP contribution < -0.4 is 0 Å². The van der Waals surface area contributed by atoms with E-state index in [1.807, 2.05) is 0 Å². The molecule has 8 heteroatoms. The van der Waals surface area contributed by atoms with Crippen LogP contribution in [0.3, 0.4) is 0 Å². The summed E-state index contributed by atoms with van der Waals surface area (Å²) in [6.07, 6.45) is -2.85. The number of rotatable bonds is 2. The summed E-state index contributed by atoms with van der Waals surface area (Å²) < 4.78 is 47.0. The van der Waals surface area contributed by atoms with Crippen molar-refractivity contribution in [1.82, 2.24) is 4.98 Å². The van der Waals surface area contributed by atoms with Crippen LogP contribution in [-0.4, -0.2) is 13.4 Å². The van der Waals surface area contributed by atoms with Crippen molar-refractivity contribution in [3.8, 4) is 0 Å². The SMILES string of the molecule is Cc1c(S(=O)(=O)Cl)cc(Br)nc1C(F)F. The molecule has 84 valence electrons. The molecule has 0 unspecified atom stereocenters. The quantitative estimate of drug-likeness (QED) is 0.621. The van der Waals surface area contributed by atoms with E-state index in [4.69, 9.17) is 10.7 Å². The van der Waals surface area contributed by atoms with Crippen LogP contribution in [0.1, 0.15) is 17.7 Å². The fourth-order valence-electron chi connectivity index (χ4n) is 1.04. The first-order chi connectivity index (χ1) is 6.73. The average Bonchev–Trinajstić information content (AvgIpc) is 2.06. The van der Waals surface area contributed by atoms with Gasteiger partial charge in [-0.05, 0) is 34.5 Å². The lowest BCUT2D eigenvalue weighted by Gasteiger charge is -2.08. The van der Waals surface area contributed by atoms with Gasteiger partial charge in [0.05, 0.1) is 4.90 Å². The minimum atomic E-state index is -4.04. The van der Waals surface area contributed by atoms with Gasteiger partial charge in [-0.2, -0.15) is 0 Å². The third kappa shape index (κ3) is 2.85. The smallest absolute Gasteiger partial charge is 0.240 e. The highest BCUT2D eigenvalue weighted by Gasteiger charge is 2.22. The fourth-order valence-corrected chi connectivity index (χ4v) is 2.81. The predicted molar refractivity (Wildman–Crippen MR) is 54.7 cm³/mol. The normalized spacial score (nSPS) is 12.1. The zero-order chi connectivity index (χ0) is 11.8. The highest BCUT2D eigenvalue weighted by molar-refractivity contribution is 9.10. The number of alkyl halides is 2. The summed E-state index contributed by atoms with van der Waals surface area (Å²) in [6, 6.07) is 1.09. The van der Waals surface area contributed by atoms with Crippen LogP contribution >= 0.6 is 26.6 Å². The van der Waals surface area contributed by atoms with E-state index in [0.717, 1.165) is 6.07 Å². The number of hydrogen-bond donors (Lipinski definition) is 0. The molecule has 15 heavy (non-hydrogen) atoms. The van der Waals surface area contributed by atoms with E-state index in [9.17, 15) is 17.2 Å². The van der Waals surface area contributed by atoms with Crippen LogP contribution in [0, 0.1) is 6.92 Å². The molecule has 0 aliphatic rings. The van der Waals surface area contributed by atoms with E-state index in [-0.39, 0.29) is 15.1 Å². The van der Waals surface area contributed by atoms with E-state index >= 15 is 0 Å². The van der Waals surface area contributed by atoms with Gasteiger partial charge in [0.25, 0.3) is 15.5 Å². The minimum Gasteiger partial charge on any atom is -0.240 e. The van der Waals surface area contributed by atoms with Gasteiger partial charge in [0.1, 0.15) is 10.3 Å². The van der Waals surface area contributed by atoms with Crippen LogP contribution in [-0.2, 0) is 9.05 Å². The molecule has 3 nitrogen and oxygen atoms in total. The maximum absolute atomic E-state index is 12.5. The largest absolute Gasteiger partial charge is 0.280 e. The van der Waals surface area contributed by atoms with Crippen molar-refractivity contribution in [1.29, 1.82) is 0 Å². The van der Waals surface area contributed by atoms with Crippen LogP contribution in [0.15, 0.2) is 15.6 Å². The molecule has 0 radical (unpaired) electrons. The third-order valence-electron chi connectivity index (χ3n) is 1.70. The Kier molecular flexibility index (Phi) is 3.67. The van der Waals surface area contributed by atoms with Gasteiger partial charge in [0.15, 0.2) is 0 Å². The van der Waals surface area contributed by atoms with Crippen molar-refractivity contribution < 1.29 is 17.2 Å². The first kappa shape index (κ1) is 12.8. The van der Waals surface area contributed by atoms with Gasteiger partial charge in [-0.15, -0.1) is 0 Å². The average molecular weight is 321 g/mol. The summed E-state index contributed by atoms with van der Waals surface area (Å²) in [5.74, 6) is 0. The Bertz CT molecular complexity index is 492. The maximum Gasteiger partial charge on any atom is 0.280 e. The standard InChI is InChI=1S/C7H5BrClF2NO2S/c1-3-4(15(9,13)14)2-5(8)12-6(3)7(10)11/h2,7H,1H3. The lowest BCUT2D eigenvalue weighted by molar-refractivity contribution is 0.144. The Morgan fingerprint density at radius 3 is 2.47 bits per heavy atom. The monoisotopic (exact) mass is 319 g/mol. The predicted octanol–water partition coefficient (Wildman–Crippen LogP) is 3.02. The molecular weight excluding hydrogens is 316 g/mol. The number of aromatic nitrogens is 1. The Labute approximate surface area is 98.0 Å². The first-order valence-electron chi connectivity index (χ1n) is 3.63. The zero-order valence-corrected chi connectivity index (χ0v) is 10.5. The summed E-state index contributed by atoms with van der Waals surface area (Å²) in [4.78, 5) is 3.13. The molecule has 1 aromatic heterocycles. The molecule has 1 heterocycles. The second kappa shape index (κ2) is 4.31. The number of hydrogen-bond acceptors (Lipinski definition) is 3. The second-order valence-corrected chi connectivity index (χ2v) is 6.04. The summed E-state index contributed by atoms with van der Waals surface area (Å²) in [5.41, 5.74) is -0.730. The van der Waals surface area contributed by atoms with Crippen molar-refractivity contribution in [3.05, 3.63) is 21.9 Å². The molecule has 0 aliphatic heterocycles.